The van der Waals surface area contributed by atoms with Gasteiger partial charge in [0.1, 0.15) is 5.82 Å². The summed E-state index contributed by atoms with van der Waals surface area (Å²) in [6.45, 7) is 6.61. The van der Waals surface area contributed by atoms with E-state index in [1.54, 1.807) is 12.1 Å². The molecule has 1 heterocycles. The fraction of sp³-hybridized carbons (Fsp3) is 0.429. The molecule has 2 aromatic rings. The van der Waals surface area contributed by atoms with Crippen molar-refractivity contribution < 1.29 is 4.39 Å². The molecule has 2 rings (SSSR count). The molecule has 0 amide bonds. The first-order chi connectivity index (χ1) is 7.63. The molecule has 0 bridgehead atoms. The Kier molecular flexibility index (Phi) is 2.99. The number of fused-ring (bicyclic) bond motifs is 1. The Morgan fingerprint density at radius 3 is 2.69 bits per heavy atom. The summed E-state index contributed by atoms with van der Waals surface area (Å²) in [4.78, 5) is 3.22. The Hall–Kier alpha value is -1.31. The minimum absolute atomic E-state index is 0.160. The first-order valence-electron chi connectivity index (χ1n) is 5.90. The van der Waals surface area contributed by atoms with Crippen molar-refractivity contribution in [2.75, 3.05) is 0 Å². The SMILES string of the molecule is CCC(c1c[nH]c2ccc(F)cc12)C(C)C. The van der Waals surface area contributed by atoms with Crippen molar-refractivity contribution in [2.45, 2.75) is 33.1 Å². The number of aromatic amines is 1. The Morgan fingerprint density at radius 2 is 2.06 bits per heavy atom. The summed E-state index contributed by atoms with van der Waals surface area (Å²) in [6, 6.07) is 4.94. The molecule has 1 unspecified atom stereocenters. The maximum Gasteiger partial charge on any atom is 0.123 e. The minimum Gasteiger partial charge on any atom is -0.361 e. The maximum absolute atomic E-state index is 13.2. The van der Waals surface area contributed by atoms with E-state index in [2.05, 4.69) is 25.8 Å². The summed E-state index contributed by atoms with van der Waals surface area (Å²) >= 11 is 0. The number of rotatable bonds is 3. The van der Waals surface area contributed by atoms with Crippen LogP contribution in [-0.4, -0.2) is 4.98 Å². The Labute approximate surface area is 95.7 Å². The van der Waals surface area contributed by atoms with Crippen LogP contribution in [0.3, 0.4) is 0 Å². The quantitative estimate of drug-likeness (QED) is 0.784. The van der Waals surface area contributed by atoms with Gasteiger partial charge in [-0.25, -0.2) is 4.39 Å². The van der Waals surface area contributed by atoms with Crippen molar-refractivity contribution in [2.24, 2.45) is 5.92 Å². The fourth-order valence-electron chi connectivity index (χ4n) is 2.47. The van der Waals surface area contributed by atoms with Gasteiger partial charge >= 0.3 is 0 Å². The molecule has 1 aromatic carbocycles. The highest BCUT2D eigenvalue weighted by Crippen LogP contribution is 2.33. The van der Waals surface area contributed by atoms with Crippen molar-refractivity contribution in [3.63, 3.8) is 0 Å². The number of H-pyrrole nitrogens is 1. The van der Waals surface area contributed by atoms with Gasteiger partial charge in [0.15, 0.2) is 0 Å². The Bertz CT molecular complexity index is 484. The molecular weight excluding hydrogens is 201 g/mol. The minimum atomic E-state index is -0.160. The van der Waals surface area contributed by atoms with E-state index >= 15 is 0 Å². The predicted octanol–water partition coefficient (Wildman–Crippen LogP) is 4.46. The summed E-state index contributed by atoms with van der Waals surface area (Å²) in [7, 11) is 0. The number of hydrogen-bond acceptors (Lipinski definition) is 0. The van der Waals surface area contributed by atoms with Crippen LogP contribution in [0.1, 0.15) is 38.7 Å². The van der Waals surface area contributed by atoms with Crippen molar-refractivity contribution >= 4 is 10.9 Å². The summed E-state index contributed by atoms with van der Waals surface area (Å²) in [5.41, 5.74) is 2.27. The molecule has 0 radical (unpaired) electrons. The zero-order chi connectivity index (χ0) is 11.7. The molecular formula is C14H18FN. The van der Waals surface area contributed by atoms with Gasteiger partial charge in [-0.05, 0) is 42.0 Å². The zero-order valence-corrected chi connectivity index (χ0v) is 10.0. The fourth-order valence-corrected chi connectivity index (χ4v) is 2.47. The third-order valence-corrected chi connectivity index (χ3v) is 3.32. The van der Waals surface area contributed by atoms with Gasteiger partial charge in [-0.3, -0.25) is 0 Å². The lowest BCUT2D eigenvalue weighted by Crippen LogP contribution is -2.04. The second kappa shape index (κ2) is 4.28. The van der Waals surface area contributed by atoms with E-state index in [1.807, 2.05) is 6.20 Å². The lowest BCUT2D eigenvalue weighted by Gasteiger charge is -2.18. The van der Waals surface area contributed by atoms with Crippen LogP contribution in [-0.2, 0) is 0 Å². The van der Waals surface area contributed by atoms with Crippen LogP contribution in [0, 0.1) is 11.7 Å². The standard InChI is InChI=1S/C14H18FN/c1-4-11(9(2)3)13-8-16-14-6-5-10(15)7-12(13)14/h5-9,11,16H,4H2,1-3H3. The van der Waals surface area contributed by atoms with Gasteiger partial charge in [0.2, 0.25) is 0 Å². The molecule has 0 aliphatic heterocycles. The molecule has 1 aromatic heterocycles. The molecule has 0 spiro atoms. The average molecular weight is 219 g/mol. The average Bonchev–Trinajstić information content (AvgIpc) is 2.62. The number of nitrogens with one attached hydrogen (secondary N) is 1. The number of benzene rings is 1. The summed E-state index contributed by atoms with van der Waals surface area (Å²) in [6.07, 6.45) is 3.11. The molecule has 0 saturated carbocycles. The number of aromatic nitrogens is 1. The lowest BCUT2D eigenvalue weighted by molar-refractivity contribution is 0.488. The van der Waals surface area contributed by atoms with Crippen molar-refractivity contribution in [1.29, 1.82) is 0 Å². The summed E-state index contributed by atoms with van der Waals surface area (Å²) < 4.78 is 13.2. The van der Waals surface area contributed by atoms with Gasteiger partial charge in [-0.1, -0.05) is 20.8 Å². The van der Waals surface area contributed by atoms with Gasteiger partial charge in [0.25, 0.3) is 0 Å². The highest BCUT2D eigenvalue weighted by Gasteiger charge is 2.17. The normalized spacial score (nSPS) is 13.6. The van der Waals surface area contributed by atoms with Gasteiger partial charge in [-0.15, -0.1) is 0 Å². The molecule has 2 heteroatoms. The van der Waals surface area contributed by atoms with Gasteiger partial charge < -0.3 is 4.98 Å². The second-order valence-corrected chi connectivity index (χ2v) is 4.69. The first kappa shape index (κ1) is 11.2. The molecule has 1 N–H and O–H groups in total. The molecule has 0 aliphatic rings. The topological polar surface area (TPSA) is 15.8 Å². The molecule has 1 atom stereocenters. The predicted molar refractivity (Wildman–Crippen MR) is 66.1 cm³/mol. The maximum atomic E-state index is 13.2. The Morgan fingerprint density at radius 1 is 1.31 bits per heavy atom. The van der Waals surface area contributed by atoms with Gasteiger partial charge in [0.05, 0.1) is 0 Å². The van der Waals surface area contributed by atoms with Crippen LogP contribution in [0.15, 0.2) is 24.4 Å². The number of halogens is 1. The first-order valence-corrected chi connectivity index (χ1v) is 5.90. The Balaban J connectivity index is 2.55. The zero-order valence-electron chi connectivity index (χ0n) is 10.0. The highest BCUT2D eigenvalue weighted by atomic mass is 19.1. The molecule has 0 fully saturated rings. The van der Waals surface area contributed by atoms with E-state index in [0.717, 1.165) is 17.3 Å². The number of hydrogen-bond donors (Lipinski definition) is 1. The molecule has 1 nitrogen and oxygen atoms in total. The smallest absolute Gasteiger partial charge is 0.123 e. The summed E-state index contributed by atoms with van der Waals surface area (Å²) in [5, 5.41) is 1.03. The molecule has 0 aliphatic carbocycles. The van der Waals surface area contributed by atoms with E-state index in [1.165, 1.54) is 11.6 Å². The van der Waals surface area contributed by atoms with E-state index in [0.29, 0.717) is 11.8 Å². The van der Waals surface area contributed by atoms with Gasteiger partial charge in [-0.2, -0.15) is 0 Å². The highest BCUT2D eigenvalue weighted by molar-refractivity contribution is 5.83. The molecule has 86 valence electrons. The monoisotopic (exact) mass is 219 g/mol. The van der Waals surface area contributed by atoms with Crippen LogP contribution in [0.5, 0.6) is 0 Å². The third-order valence-electron chi connectivity index (χ3n) is 3.32. The van der Waals surface area contributed by atoms with Crippen LogP contribution in [0.4, 0.5) is 4.39 Å². The van der Waals surface area contributed by atoms with Crippen LogP contribution < -0.4 is 0 Å². The summed E-state index contributed by atoms with van der Waals surface area (Å²) in [5.74, 6) is 0.912. The van der Waals surface area contributed by atoms with Crippen molar-refractivity contribution in [1.82, 2.24) is 4.98 Å². The third kappa shape index (κ3) is 1.84. The van der Waals surface area contributed by atoms with Crippen LogP contribution in [0.25, 0.3) is 10.9 Å². The van der Waals surface area contributed by atoms with E-state index in [-0.39, 0.29) is 5.82 Å². The molecule has 16 heavy (non-hydrogen) atoms. The largest absolute Gasteiger partial charge is 0.361 e. The van der Waals surface area contributed by atoms with E-state index < -0.39 is 0 Å². The van der Waals surface area contributed by atoms with Crippen LogP contribution >= 0.6 is 0 Å². The second-order valence-electron chi connectivity index (χ2n) is 4.69. The van der Waals surface area contributed by atoms with Crippen molar-refractivity contribution in [3.05, 3.63) is 35.8 Å². The van der Waals surface area contributed by atoms with E-state index in [9.17, 15) is 4.39 Å². The lowest BCUT2D eigenvalue weighted by atomic mass is 9.86. The van der Waals surface area contributed by atoms with Crippen molar-refractivity contribution in [3.8, 4) is 0 Å². The van der Waals surface area contributed by atoms with Gasteiger partial charge in [0, 0.05) is 17.1 Å². The van der Waals surface area contributed by atoms with E-state index in [4.69, 9.17) is 0 Å². The van der Waals surface area contributed by atoms with Crippen LogP contribution in [0.2, 0.25) is 0 Å². The molecule has 0 saturated heterocycles.